The van der Waals surface area contributed by atoms with Crippen LogP contribution in [0.1, 0.15) is 0 Å². The maximum absolute atomic E-state index is 4.92. The van der Waals surface area contributed by atoms with Crippen molar-refractivity contribution < 1.29 is 0 Å². The molecule has 31 heavy (non-hydrogen) atoms. The van der Waals surface area contributed by atoms with E-state index in [1.54, 1.807) is 0 Å². The second-order valence-corrected chi connectivity index (χ2v) is 7.95. The maximum Gasteiger partial charge on any atom is 0.145 e. The Morgan fingerprint density at radius 3 is 2.13 bits per heavy atom. The molecule has 0 atom stereocenters. The van der Waals surface area contributed by atoms with Gasteiger partial charge in [0.1, 0.15) is 5.65 Å². The van der Waals surface area contributed by atoms with Crippen LogP contribution in [0, 0.1) is 0 Å². The largest absolute Gasteiger partial charge is 0.293 e. The molecule has 3 heteroatoms. The summed E-state index contributed by atoms with van der Waals surface area (Å²) in [5, 5.41) is 4.92. The van der Waals surface area contributed by atoms with Crippen molar-refractivity contribution in [2.75, 3.05) is 0 Å². The van der Waals surface area contributed by atoms with Crippen LogP contribution in [0.15, 0.2) is 103 Å². The quantitative estimate of drug-likeness (QED) is 0.317. The Morgan fingerprint density at radius 2 is 1.29 bits per heavy atom. The highest BCUT2D eigenvalue weighted by molar-refractivity contribution is 6.24. The van der Waals surface area contributed by atoms with E-state index in [4.69, 9.17) is 4.98 Å². The first-order valence-electron chi connectivity index (χ1n) is 10.4. The summed E-state index contributed by atoms with van der Waals surface area (Å²) in [4.78, 5) is 9.45. The first kappa shape index (κ1) is 16.5. The van der Waals surface area contributed by atoms with Crippen LogP contribution in [0.3, 0.4) is 0 Å². The van der Waals surface area contributed by atoms with Gasteiger partial charge in [-0.2, -0.15) is 0 Å². The summed E-state index contributed by atoms with van der Waals surface area (Å²) >= 11 is 0. The number of pyridine rings is 2. The van der Waals surface area contributed by atoms with Crippen LogP contribution >= 0.6 is 0 Å². The third kappa shape index (κ3) is 2.29. The van der Waals surface area contributed by atoms with Crippen molar-refractivity contribution in [2.24, 2.45) is 0 Å². The molecule has 144 valence electrons. The van der Waals surface area contributed by atoms with E-state index < -0.39 is 0 Å². The number of fused-ring (bicyclic) bond motifs is 6. The van der Waals surface area contributed by atoms with Crippen molar-refractivity contribution >= 4 is 38.2 Å². The molecule has 0 aliphatic carbocycles. The van der Waals surface area contributed by atoms with Crippen molar-refractivity contribution in [3.8, 4) is 22.4 Å². The van der Waals surface area contributed by atoms with Gasteiger partial charge in [-0.15, -0.1) is 0 Å². The number of hydrogen-bond donors (Lipinski definition) is 0. The molecule has 3 aromatic carbocycles. The first-order chi connectivity index (χ1) is 15.4. The SMILES string of the molecule is c1ccc(-c2cc3c4ccccc4n4c5ncc(-c6ccccn6)cc5c(c2)c34)cc1. The number of hydrogen-bond acceptors (Lipinski definition) is 2. The van der Waals surface area contributed by atoms with Gasteiger partial charge in [-0.1, -0.05) is 54.6 Å². The Kier molecular flexibility index (Phi) is 3.27. The molecule has 0 unspecified atom stereocenters. The second-order valence-electron chi connectivity index (χ2n) is 7.95. The van der Waals surface area contributed by atoms with E-state index in [0.29, 0.717) is 0 Å². The summed E-state index contributed by atoms with van der Waals surface area (Å²) < 4.78 is 2.31. The summed E-state index contributed by atoms with van der Waals surface area (Å²) in [7, 11) is 0. The van der Waals surface area contributed by atoms with Gasteiger partial charge in [-0.05, 0) is 47.5 Å². The molecule has 7 aromatic rings. The molecule has 0 radical (unpaired) electrons. The lowest BCUT2D eigenvalue weighted by Gasteiger charge is -2.04. The lowest BCUT2D eigenvalue weighted by Crippen LogP contribution is -1.87. The standard InChI is InChI=1S/C28H17N3/c1-2-8-18(9-3-1)19-14-22-21-10-4-5-12-26(21)31-27(22)23(15-19)24-16-20(17-30-28(24)31)25-11-6-7-13-29-25/h1-17H. The van der Waals surface area contributed by atoms with Crippen LogP contribution in [0.2, 0.25) is 0 Å². The smallest absolute Gasteiger partial charge is 0.145 e. The van der Waals surface area contributed by atoms with Gasteiger partial charge >= 0.3 is 0 Å². The van der Waals surface area contributed by atoms with E-state index in [-0.39, 0.29) is 0 Å². The van der Waals surface area contributed by atoms with E-state index in [1.165, 1.54) is 38.3 Å². The number of benzene rings is 3. The van der Waals surface area contributed by atoms with Crippen molar-refractivity contribution in [3.05, 3.63) is 103 Å². The van der Waals surface area contributed by atoms with E-state index in [2.05, 4.69) is 82.2 Å². The molecule has 0 amide bonds. The van der Waals surface area contributed by atoms with Gasteiger partial charge < -0.3 is 0 Å². The van der Waals surface area contributed by atoms with Gasteiger partial charge in [-0.25, -0.2) is 4.98 Å². The average Bonchev–Trinajstić information content (AvgIpc) is 3.36. The molecular formula is C28H17N3. The Labute approximate surface area is 178 Å². The Morgan fingerprint density at radius 1 is 0.548 bits per heavy atom. The van der Waals surface area contributed by atoms with E-state index >= 15 is 0 Å². The Bertz CT molecular complexity index is 1710. The predicted octanol–water partition coefficient (Wildman–Crippen LogP) is 6.96. The van der Waals surface area contributed by atoms with Crippen molar-refractivity contribution in [3.63, 3.8) is 0 Å². The van der Waals surface area contributed by atoms with Crippen LogP contribution in [0.5, 0.6) is 0 Å². The molecule has 4 aromatic heterocycles. The topological polar surface area (TPSA) is 30.2 Å². The first-order valence-corrected chi connectivity index (χ1v) is 10.4. The summed E-state index contributed by atoms with van der Waals surface area (Å²) in [6.45, 7) is 0. The minimum absolute atomic E-state index is 0.940. The van der Waals surface area contributed by atoms with Crippen molar-refractivity contribution in [2.45, 2.75) is 0 Å². The van der Waals surface area contributed by atoms with Gasteiger partial charge in [0.05, 0.1) is 16.7 Å². The highest BCUT2D eigenvalue weighted by Gasteiger charge is 2.19. The van der Waals surface area contributed by atoms with Gasteiger partial charge in [-0.3, -0.25) is 9.38 Å². The Balaban J connectivity index is 1.66. The predicted molar refractivity (Wildman–Crippen MR) is 128 cm³/mol. The fraction of sp³-hybridized carbons (Fsp3) is 0. The maximum atomic E-state index is 4.92. The molecule has 3 nitrogen and oxygen atoms in total. The van der Waals surface area contributed by atoms with Crippen LogP contribution in [-0.4, -0.2) is 14.4 Å². The molecule has 4 heterocycles. The molecule has 0 aliphatic rings. The van der Waals surface area contributed by atoms with Crippen molar-refractivity contribution in [1.82, 2.24) is 14.4 Å². The molecule has 0 saturated heterocycles. The monoisotopic (exact) mass is 395 g/mol. The number of para-hydroxylation sites is 1. The lowest BCUT2D eigenvalue weighted by molar-refractivity contribution is 1.25. The highest BCUT2D eigenvalue weighted by Crippen LogP contribution is 2.41. The fourth-order valence-electron chi connectivity index (χ4n) is 4.83. The minimum Gasteiger partial charge on any atom is -0.293 e. The van der Waals surface area contributed by atoms with Gasteiger partial charge in [0.25, 0.3) is 0 Å². The molecule has 0 saturated carbocycles. The van der Waals surface area contributed by atoms with Gasteiger partial charge in [0, 0.05) is 39.5 Å². The average molecular weight is 395 g/mol. The third-order valence-electron chi connectivity index (χ3n) is 6.21. The van der Waals surface area contributed by atoms with E-state index in [9.17, 15) is 0 Å². The van der Waals surface area contributed by atoms with Crippen LogP contribution in [-0.2, 0) is 0 Å². The third-order valence-corrected chi connectivity index (χ3v) is 6.21. The van der Waals surface area contributed by atoms with E-state index in [0.717, 1.165) is 22.3 Å². The fourth-order valence-corrected chi connectivity index (χ4v) is 4.83. The summed E-state index contributed by atoms with van der Waals surface area (Å²) in [6.07, 6.45) is 3.76. The molecule has 0 bridgehead atoms. The van der Waals surface area contributed by atoms with E-state index in [1.807, 2.05) is 30.6 Å². The number of aromatic nitrogens is 3. The molecule has 0 N–H and O–H groups in total. The summed E-state index contributed by atoms with van der Waals surface area (Å²) in [5.74, 6) is 0. The summed E-state index contributed by atoms with van der Waals surface area (Å²) in [5.41, 5.74) is 7.85. The molecule has 0 fully saturated rings. The van der Waals surface area contributed by atoms with Crippen LogP contribution in [0.25, 0.3) is 60.6 Å². The zero-order valence-electron chi connectivity index (χ0n) is 16.7. The molecule has 0 spiro atoms. The molecule has 0 aliphatic heterocycles. The second kappa shape index (κ2) is 6.13. The Hall–Kier alpha value is -4.24. The lowest BCUT2D eigenvalue weighted by atomic mass is 9.99. The molecular weight excluding hydrogens is 378 g/mol. The minimum atomic E-state index is 0.940. The number of nitrogens with zero attached hydrogens (tertiary/aromatic N) is 3. The van der Waals surface area contributed by atoms with Crippen LogP contribution < -0.4 is 0 Å². The van der Waals surface area contributed by atoms with Crippen LogP contribution in [0.4, 0.5) is 0 Å². The molecule has 7 rings (SSSR count). The zero-order chi connectivity index (χ0) is 20.4. The number of rotatable bonds is 2. The van der Waals surface area contributed by atoms with Gasteiger partial charge in [0.2, 0.25) is 0 Å². The van der Waals surface area contributed by atoms with Crippen molar-refractivity contribution in [1.29, 1.82) is 0 Å². The van der Waals surface area contributed by atoms with Gasteiger partial charge in [0.15, 0.2) is 0 Å². The zero-order valence-corrected chi connectivity index (χ0v) is 16.7. The normalized spacial score (nSPS) is 11.9. The highest BCUT2D eigenvalue weighted by atomic mass is 15.0. The summed E-state index contributed by atoms with van der Waals surface area (Å²) in [6, 6.07) is 32.0.